The first-order chi connectivity index (χ1) is 8.54. The number of hydrogen-bond donors (Lipinski definition) is 2. The lowest BCUT2D eigenvalue weighted by Gasteiger charge is -2.24. The highest BCUT2D eigenvalue weighted by atomic mass is 16.4. The van der Waals surface area contributed by atoms with Gasteiger partial charge < -0.3 is 10.4 Å². The highest BCUT2D eigenvalue weighted by molar-refractivity contribution is 5.79. The van der Waals surface area contributed by atoms with E-state index >= 15 is 0 Å². The SMILES string of the molecule is C=CCNC(=O)CN1CCC(CCC)(C(=O)O)C1. The van der Waals surface area contributed by atoms with Gasteiger partial charge in [0.05, 0.1) is 12.0 Å². The van der Waals surface area contributed by atoms with Crippen molar-refractivity contribution in [2.45, 2.75) is 26.2 Å². The predicted molar refractivity (Wildman–Crippen MR) is 69.2 cm³/mol. The van der Waals surface area contributed by atoms with Gasteiger partial charge in [0.25, 0.3) is 0 Å². The standard InChI is InChI=1S/C13H22N2O3/c1-3-5-13(12(17)18)6-8-15(10-13)9-11(16)14-7-4-2/h4H,2-3,5-10H2,1H3,(H,14,16)(H,17,18). The maximum atomic E-state index is 11.5. The molecule has 1 atom stereocenters. The number of nitrogens with one attached hydrogen (secondary N) is 1. The fourth-order valence-corrected chi connectivity index (χ4v) is 2.50. The summed E-state index contributed by atoms with van der Waals surface area (Å²) >= 11 is 0. The molecule has 1 unspecified atom stereocenters. The van der Waals surface area contributed by atoms with Gasteiger partial charge in [-0.1, -0.05) is 19.4 Å². The third kappa shape index (κ3) is 3.57. The zero-order chi connectivity index (χ0) is 13.6. The minimum Gasteiger partial charge on any atom is -0.481 e. The van der Waals surface area contributed by atoms with Gasteiger partial charge in [-0.15, -0.1) is 6.58 Å². The molecule has 1 amide bonds. The summed E-state index contributed by atoms with van der Waals surface area (Å²) in [5, 5.41) is 12.0. The highest BCUT2D eigenvalue weighted by Gasteiger charge is 2.44. The second-order valence-corrected chi connectivity index (χ2v) is 4.89. The molecule has 0 spiro atoms. The van der Waals surface area contributed by atoms with E-state index in [0.29, 0.717) is 32.5 Å². The van der Waals surface area contributed by atoms with Gasteiger partial charge in [0, 0.05) is 13.1 Å². The van der Waals surface area contributed by atoms with Crippen molar-refractivity contribution >= 4 is 11.9 Å². The summed E-state index contributed by atoms with van der Waals surface area (Å²) in [5.41, 5.74) is -0.659. The van der Waals surface area contributed by atoms with Crippen LogP contribution in [0.25, 0.3) is 0 Å². The Labute approximate surface area is 108 Å². The molecule has 1 aliphatic rings. The average Bonchev–Trinajstić information content (AvgIpc) is 2.71. The van der Waals surface area contributed by atoms with E-state index in [1.165, 1.54) is 0 Å². The Morgan fingerprint density at radius 2 is 2.28 bits per heavy atom. The molecule has 1 rings (SSSR count). The molecule has 5 nitrogen and oxygen atoms in total. The third-order valence-electron chi connectivity index (χ3n) is 3.43. The van der Waals surface area contributed by atoms with Gasteiger partial charge in [-0.2, -0.15) is 0 Å². The first-order valence-corrected chi connectivity index (χ1v) is 6.37. The van der Waals surface area contributed by atoms with Crippen molar-refractivity contribution in [3.63, 3.8) is 0 Å². The lowest BCUT2D eigenvalue weighted by molar-refractivity contribution is -0.148. The third-order valence-corrected chi connectivity index (χ3v) is 3.43. The van der Waals surface area contributed by atoms with Gasteiger partial charge in [0.15, 0.2) is 0 Å². The average molecular weight is 254 g/mol. The van der Waals surface area contributed by atoms with Crippen LogP contribution in [0.5, 0.6) is 0 Å². The number of amides is 1. The Morgan fingerprint density at radius 1 is 1.56 bits per heavy atom. The van der Waals surface area contributed by atoms with Gasteiger partial charge in [-0.3, -0.25) is 14.5 Å². The van der Waals surface area contributed by atoms with Crippen LogP contribution in [0, 0.1) is 5.41 Å². The number of carbonyl (C=O) groups is 2. The van der Waals surface area contributed by atoms with E-state index < -0.39 is 11.4 Å². The summed E-state index contributed by atoms with van der Waals surface area (Å²) < 4.78 is 0. The van der Waals surface area contributed by atoms with Crippen LogP contribution in [0.4, 0.5) is 0 Å². The molecule has 0 aromatic heterocycles. The fourth-order valence-electron chi connectivity index (χ4n) is 2.50. The molecule has 0 aromatic rings. The van der Waals surface area contributed by atoms with E-state index in [1.807, 2.05) is 11.8 Å². The lowest BCUT2D eigenvalue weighted by Crippen LogP contribution is -2.39. The Kier molecular flexibility index (Phi) is 5.34. The number of rotatable bonds is 7. The summed E-state index contributed by atoms with van der Waals surface area (Å²) in [6.45, 7) is 7.38. The Morgan fingerprint density at radius 3 is 2.83 bits per heavy atom. The minimum atomic E-state index is -0.738. The first kappa shape index (κ1) is 14.7. The van der Waals surface area contributed by atoms with Crippen LogP contribution in [-0.4, -0.2) is 48.1 Å². The lowest BCUT2D eigenvalue weighted by atomic mass is 9.83. The smallest absolute Gasteiger partial charge is 0.310 e. The number of nitrogens with zero attached hydrogens (tertiary/aromatic N) is 1. The van der Waals surface area contributed by atoms with Crippen LogP contribution in [0.1, 0.15) is 26.2 Å². The quantitative estimate of drug-likeness (QED) is 0.661. The summed E-state index contributed by atoms with van der Waals surface area (Å²) in [6, 6.07) is 0. The molecule has 0 saturated carbocycles. The molecule has 0 aliphatic carbocycles. The van der Waals surface area contributed by atoms with Crippen molar-refractivity contribution < 1.29 is 14.7 Å². The molecule has 0 aromatic carbocycles. The van der Waals surface area contributed by atoms with E-state index in [9.17, 15) is 14.7 Å². The zero-order valence-corrected chi connectivity index (χ0v) is 10.9. The van der Waals surface area contributed by atoms with Crippen molar-refractivity contribution in [3.8, 4) is 0 Å². The second kappa shape index (κ2) is 6.54. The van der Waals surface area contributed by atoms with E-state index in [1.54, 1.807) is 6.08 Å². The fraction of sp³-hybridized carbons (Fsp3) is 0.692. The summed E-state index contributed by atoms with van der Waals surface area (Å²) in [5.74, 6) is -0.814. The maximum Gasteiger partial charge on any atom is 0.310 e. The van der Waals surface area contributed by atoms with Gasteiger partial charge in [-0.25, -0.2) is 0 Å². The van der Waals surface area contributed by atoms with Gasteiger partial charge in [0.2, 0.25) is 5.91 Å². The number of likely N-dealkylation sites (tertiary alicyclic amines) is 1. The van der Waals surface area contributed by atoms with Crippen molar-refractivity contribution in [2.24, 2.45) is 5.41 Å². The number of hydrogen-bond acceptors (Lipinski definition) is 3. The molecule has 1 fully saturated rings. The van der Waals surface area contributed by atoms with Gasteiger partial charge in [-0.05, 0) is 19.4 Å². The Balaban J connectivity index is 2.50. The summed E-state index contributed by atoms with van der Waals surface area (Å²) in [6.07, 6.45) is 3.78. The molecule has 1 aliphatic heterocycles. The molecule has 1 heterocycles. The van der Waals surface area contributed by atoms with Crippen molar-refractivity contribution in [1.29, 1.82) is 0 Å². The van der Waals surface area contributed by atoms with Crippen molar-refractivity contribution in [3.05, 3.63) is 12.7 Å². The van der Waals surface area contributed by atoms with Gasteiger partial charge in [0.1, 0.15) is 0 Å². The molecule has 18 heavy (non-hydrogen) atoms. The monoisotopic (exact) mass is 254 g/mol. The highest BCUT2D eigenvalue weighted by Crippen LogP contribution is 2.35. The zero-order valence-electron chi connectivity index (χ0n) is 10.9. The summed E-state index contributed by atoms with van der Waals surface area (Å²) in [7, 11) is 0. The minimum absolute atomic E-state index is 0.0763. The Bertz CT molecular complexity index is 330. The van der Waals surface area contributed by atoms with E-state index in [0.717, 1.165) is 6.42 Å². The van der Waals surface area contributed by atoms with Crippen LogP contribution >= 0.6 is 0 Å². The molecule has 0 bridgehead atoms. The number of carboxylic acid groups (broad SMARTS) is 1. The predicted octanol–water partition coefficient (Wildman–Crippen LogP) is 0.865. The topological polar surface area (TPSA) is 69.6 Å². The van der Waals surface area contributed by atoms with Crippen LogP contribution in [0.3, 0.4) is 0 Å². The van der Waals surface area contributed by atoms with Crippen LogP contribution in [0.2, 0.25) is 0 Å². The Hall–Kier alpha value is -1.36. The molecule has 1 saturated heterocycles. The van der Waals surface area contributed by atoms with E-state index in [4.69, 9.17) is 0 Å². The maximum absolute atomic E-state index is 11.5. The summed E-state index contributed by atoms with van der Waals surface area (Å²) in [4.78, 5) is 24.8. The van der Waals surface area contributed by atoms with Crippen molar-refractivity contribution in [2.75, 3.05) is 26.2 Å². The number of aliphatic carboxylic acids is 1. The van der Waals surface area contributed by atoms with Crippen LogP contribution < -0.4 is 5.32 Å². The molecule has 102 valence electrons. The molecule has 2 N–H and O–H groups in total. The van der Waals surface area contributed by atoms with Crippen molar-refractivity contribution in [1.82, 2.24) is 10.2 Å². The molecular formula is C13H22N2O3. The largest absolute Gasteiger partial charge is 0.481 e. The normalized spacial score (nSPS) is 23.8. The van der Waals surface area contributed by atoms with E-state index in [2.05, 4.69) is 11.9 Å². The molecular weight excluding hydrogens is 232 g/mol. The molecule has 5 heteroatoms. The van der Waals surface area contributed by atoms with Gasteiger partial charge >= 0.3 is 5.97 Å². The van der Waals surface area contributed by atoms with Crippen LogP contribution in [-0.2, 0) is 9.59 Å². The van der Waals surface area contributed by atoms with E-state index in [-0.39, 0.29) is 12.5 Å². The first-order valence-electron chi connectivity index (χ1n) is 6.37. The number of carbonyl (C=O) groups excluding carboxylic acids is 1. The number of carboxylic acids is 1. The second-order valence-electron chi connectivity index (χ2n) is 4.89. The van der Waals surface area contributed by atoms with Crippen LogP contribution in [0.15, 0.2) is 12.7 Å². The molecule has 0 radical (unpaired) electrons.